The lowest BCUT2D eigenvalue weighted by atomic mass is 10.0. The molecule has 4 heteroatoms. The van der Waals surface area contributed by atoms with E-state index in [2.05, 4.69) is 25.2 Å². The van der Waals surface area contributed by atoms with Crippen LogP contribution in [0, 0.1) is 5.92 Å². The molecule has 0 radical (unpaired) electrons. The first-order valence-corrected chi connectivity index (χ1v) is 5.57. The molecule has 0 rings (SSSR count). The molecule has 0 atom stereocenters. The highest BCUT2D eigenvalue weighted by Crippen LogP contribution is 2.10. The van der Waals surface area contributed by atoms with Gasteiger partial charge in [0, 0.05) is 6.54 Å². The van der Waals surface area contributed by atoms with Gasteiger partial charge in [-0.1, -0.05) is 33.3 Å². The van der Waals surface area contributed by atoms with Crippen molar-refractivity contribution in [2.75, 3.05) is 20.2 Å². The molecule has 0 aromatic carbocycles. The molecule has 92 valence electrons. The molecule has 1 amide bonds. The third-order valence-corrected chi connectivity index (χ3v) is 2.67. The molecule has 0 spiro atoms. The van der Waals surface area contributed by atoms with E-state index in [1.54, 1.807) is 0 Å². The van der Waals surface area contributed by atoms with Gasteiger partial charge in [0.25, 0.3) is 0 Å². The molecule has 4 nitrogen and oxygen atoms in total. The van der Waals surface area contributed by atoms with Crippen LogP contribution in [0.2, 0.25) is 0 Å². The Morgan fingerprint density at radius 2 is 1.94 bits per heavy atom. The minimum Gasteiger partial charge on any atom is -0.468 e. The van der Waals surface area contributed by atoms with Crippen molar-refractivity contribution in [3.63, 3.8) is 0 Å². The van der Waals surface area contributed by atoms with Gasteiger partial charge < -0.3 is 9.64 Å². The molecule has 0 saturated heterocycles. The number of amides is 1. The molecule has 0 fully saturated rings. The Morgan fingerprint density at radius 1 is 1.38 bits per heavy atom. The first kappa shape index (κ1) is 14.7. The van der Waals surface area contributed by atoms with E-state index in [4.69, 9.17) is 0 Å². The fraction of sp³-hybridized carbons (Fsp3) is 0.667. The van der Waals surface area contributed by atoms with Crippen molar-refractivity contribution >= 4 is 11.9 Å². The van der Waals surface area contributed by atoms with E-state index in [1.807, 2.05) is 0 Å². The van der Waals surface area contributed by atoms with Gasteiger partial charge in [0.05, 0.1) is 7.11 Å². The lowest BCUT2D eigenvalue weighted by Crippen LogP contribution is -2.38. The number of esters is 1. The first-order valence-electron chi connectivity index (χ1n) is 5.57. The van der Waals surface area contributed by atoms with E-state index in [0.717, 1.165) is 12.8 Å². The Morgan fingerprint density at radius 3 is 2.31 bits per heavy atom. The van der Waals surface area contributed by atoms with Gasteiger partial charge in [0.1, 0.15) is 6.54 Å². The summed E-state index contributed by atoms with van der Waals surface area (Å²) in [7, 11) is 1.32. The van der Waals surface area contributed by atoms with Crippen LogP contribution in [-0.4, -0.2) is 37.0 Å². The molecule has 0 aliphatic heterocycles. The maximum Gasteiger partial charge on any atom is 0.325 e. The van der Waals surface area contributed by atoms with Crippen LogP contribution in [0.1, 0.15) is 26.7 Å². The standard InChI is InChI=1S/C12H21NO3/c1-5-10(6-2)8-13(11(14)7-3)9-12(15)16-4/h7,10H,3,5-6,8-9H2,1-2,4H3. The van der Waals surface area contributed by atoms with Gasteiger partial charge in [-0.3, -0.25) is 9.59 Å². The zero-order chi connectivity index (χ0) is 12.6. The molecule has 16 heavy (non-hydrogen) atoms. The van der Waals surface area contributed by atoms with Gasteiger partial charge in [0.15, 0.2) is 0 Å². The molecule has 0 bridgehead atoms. The van der Waals surface area contributed by atoms with E-state index < -0.39 is 5.97 Å². The third kappa shape index (κ3) is 4.96. The first-order chi connectivity index (χ1) is 7.58. The van der Waals surface area contributed by atoms with E-state index in [-0.39, 0.29) is 12.5 Å². The monoisotopic (exact) mass is 227 g/mol. The van der Waals surface area contributed by atoms with E-state index in [1.165, 1.54) is 18.1 Å². The smallest absolute Gasteiger partial charge is 0.325 e. The molecule has 0 N–H and O–H groups in total. The summed E-state index contributed by atoms with van der Waals surface area (Å²) in [5.74, 6) is -0.216. The van der Waals surface area contributed by atoms with Crippen LogP contribution in [0.15, 0.2) is 12.7 Å². The highest BCUT2D eigenvalue weighted by molar-refractivity contribution is 5.89. The van der Waals surface area contributed by atoms with E-state index in [0.29, 0.717) is 12.5 Å². The highest BCUT2D eigenvalue weighted by Gasteiger charge is 2.18. The normalized spacial score (nSPS) is 10.0. The number of hydrogen-bond donors (Lipinski definition) is 0. The Kier molecular flexibility index (Phi) is 7.25. The third-order valence-electron chi connectivity index (χ3n) is 2.67. The molecule has 0 aromatic heterocycles. The lowest BCUT2D eigenvalue weighted by Gasteiger charge is -2.24. The SMILES string of the molecule is C=CC(=O)N(CC(=O)OC)CC(CC)CC. The fourth-order valence-electron chi connectivity index (χ4n) is 1.44. The van der Waals surface area contributed by atoms with Gasteiger partial charge in [0.2, 0.25) is 5.91 Å². The summed E-state index contributed by atoms with van der Waals surface area (Å²) >= 11 is 0. The number of methoxy groups -OCH3 is 1. The number of nitrogens with zero attached hydrogens (tertiary/aromatic N) is 1. The average molecular weight is 227 g/mol. The van der Waals surface area contributed by atoms with Gasteiger partial charge in [-0.2, -0.15) is 0 Å². The molecular formula is C12H21NO3. The highest BCUT2D eigenvalue weighted by atomic mass is 16.5. The van der Waals surface area contributed by atoms with Crippen molar-refractivity contribution in [1.29, 1.82) is 0 Å². The Balaban J connectivity index is 4.47. The average Bonchev–Trinajstić information content (AvgIpc) is 2.32. The molecular weight excluding hydrogens is 206 g/mol. The molecule has 0 heterocycles. The number of hydrogen-bond acceptors (Lipinski definition) is 3. The largest absolute Gasteiger partial charge is 0.468 e. The molecule has 0 unspecified atom stereocenters. The summed E-state index contributed by atoms with van der Waals surface area (Å²) in [6.07, 6.45) is 3.20. The van der Waals surface area contributed by atoms with Crippen molar-refractivity contribution in [2.45, 2.75) is 26.7 Å². The quantitative estimate of drug-likeness (QED) is 0.490. The lowest BCUT2D eigenvalue weighted by molar-refractivity contribution is -0.145. The summed E-state index contributed by atoms with van der Waals surface area (Å²) in [4.78, 5) is 24.2. The predicted molar refractivity (Wildman–Crippen MR) is 62.9 cm³/mol. The predicted octanol–water partition coefficient (Wildman–Crippen LogP) is 1.61. The second-order valence-corrected chi connectivity index (χ2v) is 3.68. The molecule has 0 aliphatic rings. The van der Waals surface area contributed by atoms with Crippen molar-refractivity contribution in [1.82, 2.24) is 4.90 Å². The number of ether oxygens (including phenoxy) is 1. The van der Waals surface area contributed by atoms with Crippen LogP contribution in [0.5, 0.6) is 0 Å². The van der Waals surface area contributed by atoms with Crippen LogP contribution in [0.3, 0.4) is 0 Å². The van der Waals surface area contributed by atoms with Crippen molar-refractivity contribution in [2.24, 2.45) is 5.92 Å². The second kappa shape index (κ2) is 7.91. The maximum atomic E-state index is 11.5. The summed E-state index contributed by atoms with van der Waals surface area (Å²) in [6.45, 7) is 8.15. The summed E-state index contributed by atoms with van der Waals surface area (Å²) in [5, 5.41) is 0. The number of carbonyl (C=O) groups excluding carboxylic acids is 2. The summed E-state index contributed by atoms with van der Waals surface area (Å²) < 4.78 is 4.56. The van der Waals surface area contributed by atoms with Crippen LogP contribution >= 0.6 is 0 Å². The minimum absolute atomic E-state index is 0.00213. The van der Waals surface area contributed by atoms with Crippen LogP contribution in [0.4, 0.5) is 0 Å². The van der Waals surface area contributed by atoms with Crippen molar-refractivity contribution in [3.8, 4) is 0 Å². The summed E-state index contributed by atoms with van der Waals surface area (Å²) in [6, 6.07) is 0. The Bertz CT molecular complexity index is 247. The number of carbonyl (C=O) groups is 2. The minimum atomic E-state index is -0.402. The van der Waals surface area contributed by atoms with Crippen LogP contribution in [-0.2, 0) is 14.3 Å². The van der Waals surface area contributed by atoms with Gasteiger partial charge in [-0.05, 0) is 12.0 Å². The molecule has 0 aliphatic carbocycles. The number of rotatable bonds is 7. The maximum absolute atomic E-state index is 11.5. The topological polar surface area (TPSA) is 46.6 Å². The zero-order valence-electron chi connectivity index (χ0n) is 10.4. The van der Waals surface area contributed by atoms with E-state index >= 15 is 0 Å². The zero-order valence-corrected chi connectivity index (χ0v) is 10.4. The van der Waals surface area contributed by atoms with Gasteiger partial charge in [-0.15, -0.1) is 0 Å². The Labute approximate surface area is 97.3 Å². The molecule has 0 aromatic rings. The van der Waals surface area contributed by atoms with Gasteiger partial charge >= 0.3 is 5.97 Å². The van der Waals surface area contributed by atoms with Crippen LogP contribution in [0.25, 0.3) is 0 Å². The second-order valence-electron chi connectivity index (χ2n) is 3.68. The van der Waals surface area contributed by atoms with Crippen molar-refractivity contribution < 1.29 is 14.3 Å². The molecule has 0 saturated carbocycles. The van der Waals surface area contributed by atoms with E-state index in [9.17, 15) is 9.59 Å². The summed E-state index contributed by atoms with van der Waals surface area (Å²) in [5.41, 5.74) is 0. The van der Waals surface area contributed by atoms with Crippen LogP contribution < -0.4 is 0 Å². The fourth-order valence-corrected chi connectivity index (χ4v) is 1.44. The Hall–Kier alpha value is -1.32. The van der Waals surface area contributed by atoms with Crippen molar-refractivity contribution in [3.05, 3.63) is 12.7 Å². The van der Waals surface area contributed by atoms with Gasteiger partial charge in [-0.25, -0.2) is 0 Å².